The fourth-order valence-corrected chi connectivity index (χ4v) is 5.84. The molecule has 1 aliphatic heterocycles. The smallest absolute Gasteiger partial charge is 0.244 e. The maximum absolute atomic E-state index is 12.6. The first kappa shape index (κ1) is 15.7. The quantitative estimate of drug-likeness (QED) is 0.764. The van der Waals surface area contributed by atoms with Crippen LogP contribution >= 0.6 is 15.9 Å². The average molecular weight is 383 g/mol. The number of sulfonamides is 1. The lowest BCUT2D eigenvalue weighted by atomic mass is 10.3. The normalized spacial score (nSPS) is 20.4. The Labute approximate surface area is 127 Å². The number of hydrogen-bond donors (Lipinski definition) is 1. The number of anilines is 1. The van der Waals surface area contributed by atoms with Gasteiger partial charge in [-0.2, -0.15) is 4.31 Å². The molecule has 9 heteroatoms. The van der Waals surface area contributed by atoms with Gasteiger partial charge in [-0.3, -0.25) is 0 Å². The van der Waals surface area contributed by atoms with Crippen LogP contribution in [0.1, 0.15) is 6.42 Å². The number of sulfone groups is 1. The highest BCUT2D eigenvalue weighted by atomic mass is 79.9. The van der Waals surface area contributed by atoms with Crippen molar-refractivity contribution in [3.63, 3.8) is 0 Å². The summed E-state index contributed by atoms with van der Waals surface area (Å²) in [5.74, 6) is -0.122. The van der Waals surface area contributed by atoms with Crippen LogP contribution in [0.25, 0.3) is 0 Å². The third-order valence-corrected chi connectivity index (χ3v) is 7.70. The van der Waals surface area contributed by atoms with E-state index < -0.39 is 19.9 Å². The number of halogens is 1. The van der Waals surface area contributed by atoms with Crippen molar-refractivity contribution in [3.05, 3.63) is 22.7 Å². The van der Waals surface area contributed by atoms with Gasteiger partial charge in [0.1, 0.15) is 0 Å². The van der Waals surface area contributed by atoms with E-state index in [1.54, 1.807) is 12.1 Å². The molecule has 0 radical (unpaired) electrons. The molecule has 0 amide bonds. The van der Waals surface area contributed by atoms with Gasteiger partial charge in [0.25, 0.3) is 0 Å². The van der Waals surface area contributed by atoms with Crippen LogP contribution in [0, 0.1) is 0 Å². The van der Waals surface area contributed by atoms with E-state index in [9.17, 15) is 16.8 Å². The molecule has 1 aliphatic rings. The van der Waals surface area contributed by atoms with Crippen molar-refractivity contribution in [1.29, 1.82) is 0 Å². The summed E-state index contributed by atoms with van der Waals surface area (Å²) in [6.07, 6.45) is 0.307. The largest absolute Gasteiger partial charge is 0.399 e. The van der Waals surface area contributed by atoms with Crippen LogP contribution < -0.4 is 5.73 Å². The molecule has 2 rings (SSSR count). The molecule has 0 bridgehead atoms. The van der Waals surface area contributed by atoms with Gasteiger partial charge in [-0.25, -0.2) is 16.8 Å². The predicted octanol–water partition coefficient (Wildman–Crippen LogP) is 0.841. The van der Waals surface area contributed by atoms with Crippen LogP contribution in [0.2, 0.25) is 0 Å². The van der Waals surface area contributed by atoms with Crippen LogP contribution in [-0.4, -0.2) is 45.7 Å². The van der Waals surface area contributed by atoms with Crippen molar-refractivity contribution in [3.8, 4) is 0 Å². The number of hydrogen-bond acceptors (Lipinski definition) is 5. The lowest BCUT2D eigenvalue weighted by Gasteiger charge is -2.20. The molecule has 0 spiro atoms. The highest BCUT2D eigenvalue weighted by Crippen LogP contribution is 2.27. The lowest BCUT2D eigenvalue weighted by Crippen LogP contribution is -2.33. The highest BCUT2D eigenvalue weighted by molar-refractivity contribution is 9.10. The molecular weight excluding hydrogens is 368 g/mol. The van der Waals surface area contributed by atoms with E-state index in [0.717, 1.165) is 0 Å². The molecule has 1 saturated heterocycles. The zero-order valence-electron chi connectivity index (χ0n) is 10.6. The summed E-state index contributed by atoms with van der Waals surface area (Å²) >= 11 is 3.20. The van der Waals surface area contributed by atoms with Gasteiger partial charge >= 0.3 is 0 Å². The van der Waals surface area contributed by atoms with E-state index in [1.807, 2.05) is 0 Å². The van der Waals surface area contributed by atoms with Crippen LogP contribution in [0.5, 0.6) is 0 Å². The minimum absolute atomic E-state index is 0.0219. The molecule has 2 N–H and O–H groups in total. The van der Waals surface area contributed by atoms with Gasteiger partial charge in [0.2, 0.25) is 10.0 Å². The van der Waals surface area contributed by atoms with Gasteiger partial charge in [0, 0.05) is 23.2 Å². The number of benzene rings is 1. The number of nitrogen functional groups attached to an aromatic ring is 1. The van der Waals surface area contributed by atoms with E-state index in [2.05, 4.69) is 15.9 Å². The number of nitrogens with two attached hydrogens (primary N) is 1. The Morgan fingerprint density at radius 1 is 1.20 bits per heavy atom. The van der Waals surface area contributed by atoms with Gasteiger partial charge < -0.3 is 5.73 Å². The van der Waals surface area contributed by atoms with Crippen molar-refractivity contribution in [2.75, 3.05) is 30.3 Å². The standard InChI is InChI=1S/C11H15BrN2O4S2/c12-10-3-2-9(13)8-11(10)20(17,18)14-4-1-6-19(15,16)7-5-14/h2-3,8H,1,4-7,13H2. The summed E-state index contributed by atoms with van der Waals surface area (Å²) in [5, 5.41) is 0. The SMILES string of the molecule is Nc1ccc(Br)c(S(=O)(=O)N2CCCS(=O)(=O)CC2)c1. The molecule has 1 aromatic rings. The van der Waals surface area contributed by atoms with Crippen LogP contribution in [-0.2, 0) is 19.9 Å². The predicted molar refractivity (Wildman–Crippen MR) is 80.6 cm³/mol. The third kappa shape index (κ3) is 3.33. The average Bonchev–Trinajstić information content (AvgIpc) is 2.53. The topological polar surface area (TPSA) is 97.5 Å². The zero-order valence-corrected chi connectivity index (χ0v) is 13.8. The summed E-state index contributed by atoms with van der Waals surface area (Å²) in [6, 6.07) is 4.53. The minimum Gasteiger partial charge on any atom is -0.399 e. The monoisotopic (exact) mass is 382 g/mol. The second-order valence-corrected chi connectivity index (χ2v) is 9.66. The van der Waals surface area contributed by atoms with Crippen LogP contribution in [0.4, 0.5) is 5.69 Å². The fourth-order valence-electron chi connectivity index (χ4n) is 2.01. The fraction of sp³-hybridized carbons (Fsp3) is 0.455. The molecule has 1 aromatic carbocycles. The van der Waals surface area contributed by atoms with E-state index in [-0.39, 0.29) is 29.5 Å². The molecule has 1 fully saturated rings. The Bertz CT molecular complexity index is 716. The van der Waals surface area contributed by atoms with E-state index in [0.29, 0.717) is 16.6 Å². The first-order chi connectivity index (χ1) is 9.22. The summed E-state index contributed by atoms with van der Waals surface area (Å²) in [7, 11) is -6.90. The number of nitrogens with zero attached hydrogens (tertiary/aromatic N) is 1. The van der Waals surface area contributed by atoms with Crippen molar-refractivity contribution < 1.29 is 16.8 Å². The molecule has 0 atom stereocenters. The lowest BCUT2D eigenvalue weighted by molar-refractivity contribution is 0.434. The molecule has 0 unspecified atom stereocenters. The molecular formula is C11H15BrN2O4S2. The minimum atomic E-state index is -3.75. The Hall–Kier alpha value is -0.640. The molecule has 1 heterocycles. The Kier molecular flexibility index (Phi) is 4.43. The second-order valence-electron chi connectivity index (χ2n) is 4.60. The molecule has 0 aromatic heterocycles. The first-order valence-electron chi connectivity index (χ1n) is 5.98. The molecule has 0 saturated carbocycles. The van der Waals surface area contributed by atoms with Crippen molar-refractivity contribution >= 4 is 41.5 Å². The number of rotatable bonds is 2. The summed E-state index contributed by atoms with van der Waals surface area (Å²) < 4.78 is 49.9. The third-order valence-electron chi connectivity index (χ3n) is 3.09. The Balaban J connectivity index is 2.37. The maximum atomic E-state index is 12.6. The first-order valence-corrected chi connectivity index (χ1v) is 10.0. The summed E-state index contributed by atoms with van der Waals surface area (Å²) in [5.41, 5.74) is 5.97. The second kappa shape index (κ2) is 5.63. The summed E-state index contributed by atoms with van der Waals surface area (Å²) in [4.78, 5) is 0.0665. The molecule has 20 heavy (non-hydrogen) atoms. The van der Waals surface area contributed by atoms with Gasteiger partial charge in [-0.05, 0) is 40.5 Å². The van der Waals surface area contributed by atoms with Gasteiger partial charge in [-0.1, -0.05) is 0 Å². The van der Waals surface area contributed by atoms with Crippen molar-refractivity contribution in [2.45, 2.75) is 11.3 Å². The van der Waals surface area contributed by atoms with Gasteiger partial charge in [-0.15, -0.1) is 0 Å². The van der Waals surface area contributed by atoms with Crippen LogP contribution in [0.3, 0.4) is 0 Å². The van der Waals surface area contributed by atoms with Crippen molar-refractivity contribution in [2.24, 2.45) is 0 Å². The Morgan fingerprint density at radius 2 is 1.90 bits per heavy atom. The van der Waals surface area contributed by atoms with Gasteiger partial charge in [0.05, 0.1) is 16.4 Å². The maximum Gasteiger partial charge on any atom is 0.244 e. The summed E-state index contributed by atoms with van der Waals surface area (Å²) in [6.45, 7) is 0.175. The van der Waals surface area contributed by atoms with E-state index in [4.69, 9.17) is 5.73 Å². The van der Waals surface area contributed by atoms with E-state index in [1.165, 1.54) is 10.4 Å². The molecule has 6 nitrogen and oxygen atoms in total. The molecule has 0 aliphatic carbocycles. The highest BCUT2D eigenvalue weighted by Gasteiger charge is 2.30. The van der Waals surface area contributed by atoms with Gasteiger partial charge in [0.15, 0.2) is 9.84 Å². The van der Waals surface area contributed by atoms with Crippen molar-refractivity contribution in [1.82, 2.24) is 4.31 Å². The Morgan fingerprint density at radius 3 is 2.60 bits per heavy atom. The van der Waals surface area contributed by atoms with E-state index >= 15 is 0 Å². The van der Waals surface area contributed by atoms with Crippen LogP contribution in [0.15, 0.2) is 27.6 Å². The zero-order chi connectivity index (χ0) is 15.0. The molecule has 112 valence electrons.